The molecule has 2 aromatic carbocycles. The standard InChI is InChI=1S/C23H25N3O2/c1-23(2,3)17-8-10-18(11-9-17)26-22(27)16-12-20(15-24-14-16)25-19-6-5-7-21(13-19)28-4/h5-15,25H,1-4H3,(H,26,27). The number of nitrogens with zero attached hydrogens (tertiary/aromatic N) is 1. The monoisotopic (exact) mass is 375 g/mol. The van der Waals surface area contributed by atoms with Crippen molar-refractivity contribution in [1.29, 1.82) is 0 Å². The van der Waals surface area contributed by atoms with Crippen molar-refractivity contribution < 1.29 is 9.53 Å². The van der Waals surface area contributed by atoms with Crippen LogP contribution < -0.4 is 15.4 Å². The molecular formula is C23H25N3O2. The van der Waals surface area contributed by atoms with E-state index in [4.69, 9.17) is 4.74 Å². The maximum Gasteiger partial charge on any atom is 0.257 e. The van der Waals surface area contributed by atoms with Crippen LogP contribution in [0.4, 0.5) is 17.1 Å². The maximum absolute atomic E-state index is 12.6. The van der Waals surface area contributed by atoms with E-state index in [0.29, 0.717) is 5.56 Å². The molecule has 1 amide bonds. The average Bonchev–Trinajstić information content (AvgIpc) is 2.68. The summed E-state index contributed by atoms with van der Waals surface area (Å²) in [5.41, 5.74) is 4.11. The van der Waals surface area contributed by atoms with E-state index in [9.17, 15) is 4.79 Å². The quantitative estimate of drug-likeness (QED) is 0.628. The summed E-state index contributed by atoms with van der Waals surface area (Å²) in [5.74, 6) is 0.552. The van der Waals surface area contributed by atoms with Gasteiger partial charge in [0.25, 0.3) is 5.91 Å². The Morgan fingerprint density at radius 1 is 0.929 bits per heavy atom. The number of methoxy groups -OCH3 is 1. The van der Waals surface area contributed by atoms with Gasteiger partial charge in [0.2, 0.25) is 0 Å². The number of benzene rings is 2. The number of nitrogens with one attached hydrogen (secondary N) is 2. The zero-order valence-electron chi connectivity index (χ0n) is 16.6. The van der Waals surface area contributed by atoms with Crippen molar-refractivity contribution in [2.45, 2.75) is 26.2 Å². The van der Waals surface area contributed by atoms with E-state index in [2.05, 4.69) is 36.4 Å². The Balaban J connectivity index is 1.71. The van der Waals surface area contributed by atoms with Gasteiger partial charge in [0.05, 0.1) is 24.6 Å². The highest BCUT2D eigenvalue weighted by atomic mass is 16.5. The number of hydrogen-bond donors (Lipinski definition) is 2. The molecule has 2 N–H and O–H groups in total. The molecule has 5 nitrogen and oxygen atoms in total. The van der Waals surface area contributed by atoms with Crippen molar-refractivity contribution in [3.63, 3.8) is 0 Å². The minimum atomic E-state index is -0.203. The Morgan fingerprint density at radius 3 is 2.36 bits per heavy atom. The predicted molar refractivity (Wildman–Crippen MR) is 114 cm³/mol. The molecule has 28 heavy (non-hydrogen) atoms. The lowest BCUT2D eigenvalue weighted by molar-refractivity contribution is 0.102. The van der Waals surface area contributed by atoms with Crippen LogP contribution in [0.2, 0.25) is 0 Å². The van der Waals surface area contributed by atoms with E-state index in [1.165, 1.54) is 5.56 Å². The third-order valence-electron chi connectivity index (χ3n) is 4.37. The zero-order chi connectivity index (χ0) is 20.1. The van der Waals surface area contributed by atoms with E-state index < -0.39 is 0 Å². The van der Waals surface area contributed by atoms with Crippen molar-refractivity contribution in [2.75, 3.05) is 17.7 Å². The molecule has 5 heteroatoms. The van der Waals surface area contributed by atoms with Crippen LogP contribution in [0.5, 0.6) is 5.75 Å². The first-order valence-electron chi connectivity index (χ1n) is 9.13. The summed E-state index contributed by atoms with van der Waals surface area (Å²) in [4.78, 5) is 16.8. The number of rotatable bonds is 5. The highest BCUT2D eigenvalue weighted by Gasteiger charge is 2.14. The first-order chi connectivity index (χ1) is 13.3. The summed E-state index contributed by atoms with van der Waals surface area (Å²) in [6.07, 6.45) is 3.23. The van der Waals surface area contributed by atoms with Crippen molar-refractivity contribution in [2.24, 2.45) is 0 Å². The summed E-state index contributed by atoms with van der Waals surface area (Å²) in [7, 11) is 1.62. The zero-order valence-corrected chi connectivity index (χ0v) is 16.6. The van der Waals surface area contributed by atoms with E-state index in [0.717, 1.165) is 22.8 Å². The molecular weight excluding hydrogens is 350 g/mol. The molecule has 0 aliphatic rings. The molecule has 0 unspecified atom stereocenters. The fourth-order valence-corrected chi connectivity index (χ4v) is 2.76. The number of aromatic nitrogens is 1. The van der Waals surface area contributed by atoms with Crippen LogP contribution in [0.15, 0.2) is 67.0 Å². The van der Waals surface area contributed by atoms with Gasteiger partial charge in [-0.3, -0.25) is 9.78 Å². The lowest BCUT2D eigenvalue weighted by Gasteiger charge is -2.19. The topological polar surface area (TPSA) is 63.2 Å². The van der Waals surface area contributed by atoms with Crippen molar-refractivity contribution >= 4 is 23.0 Å². The van der Waals surface area contributed by atoms with Crippen LogP contribution >= 0.6 is 0 Å². The minimum Gasteiger partial charge on any atom is -0.497 e. The molecule has 3 aromatic rings. The second kappa shape index (κ2) is 8.13. The van der Waals surface area contributed by atoms with Crippen molar-refractivity contribution in [3.05, 3.63) is 78.1 Å². The van der Waals surface area contributed by atoms with Crippen molar-refractivity contribution in [3.8, 4) is 5.75 Å². The molecule has 1 aromatic heterocycles. The molecule has 144 valence electrons. The number of pyridine rings is 1. The summed E-state index contributed by atoms with van der Waals surface area (Å²) in [6, 6.07) is 17.3. The van der Waals surface area contributed by atoms with Gasteiger partial charge in [0, 0.05) is 23.6 Å². The lowest BCUT2D eigenvalue weighted by atomic mass is 9.87. The smallest absolute Gasteiger partial charge is 0.257 e. The van der Waals surface area contributed by atoms with Gasteiger partial charge in [-0.15, -0.1) is 0 Å². The van der Waals surface area contributed by atoms with Crippen LogP contribution in [0.1, 0.15) is 36.7 Å². The van der Waals surface area contributed by atoms with Gasteiger partial charge < -0.3 is 15.4 Å². The lowest BCUT2D eigenvalue weighted by Crippen LogP contribution is -2.14. The first-order valence-corrected chi connectivity index (χ1v) is 9.13. The van der Waals surface area contributed by atoms with Crippen LogP contribution in [-0.2, 0) is 5.41 Å². The maximum atomic E-state index is 12.6. The van der Waals surface area contributed by atoms with Gasteiger partial charge in [-0.05, 0) is 41.3 Å². The number of anilines is 3. The third kappa shape index (κ3) is 4.88. The largest absolute Gasteiger partial charge is 0.497 e. The Bertz CT molecular complexity index is 960. The number of ether oxygens (including phenoxy) is 1. The molecule has 0 aliphatic heterocycles. The SMILES string of the molecule is COc1cccc(Nc2cncc(C(=O)Nc3ccc(C(C)(C)C)cc3)c2)c1. The molecule has 0 atom stereocenters. The normalized spacial score (nSPS) is 11.0. The second-order valence-electron chi connectivity index (χ2n) is 7.60. The van der Waals surface area contributed by atoms with E-state index in [-0.39, 0.29) is 11.3 Å². The first kappa shape index (κ1) is 19.4. The molecule has 0 fully saturated rings. The van der Waals surface area contributed by atoms with Crippen molar-refractivity contribution in [1.82, 2.24) is 4.98 Å². The predicted octanol–water partition coefficient (Wildman–Crippen LogP) is 5.38. The van der Waals surface area contributed by atoms with Gasteiger partial charge in [-0.1, -0.05) is 39.0 Å². The molecule has 1 heterocycles. The highest BCUT2D eigenvalue weighted by molar-refractivity contribution is 6.04. The summed E-state index contributed by atoms with van der Waals surface area (Å²) in [6.45, 7) is 6.48. The van der Waals surface area contributed by atoms with Gasteiger partial charge in [-0.25, -0.2) is 0 Å². The average molecular weight is 375 g/mol. The Hall–Kier alpha value is -3.34. The number of amides is 1. The summed E-state index contributed by atoms with van der Waals surface area (Å²) < 4.78 is 5.23. The molecule has 0 aliphatic carbocycles. The van der Waals surface area contributed by atoms with E-state index in [1.54, 1.807) is 25.6 Å². The number of carbonyl (C=O) groups is 1. The van der Waals surface area contributed by atoms with Gasteiger partial charge >= 0.3 is 0 Å². The van der Waals surface area contributed by atoms with Gasteiger partial charge in [0.15, 0.2) is 0 Å². The molecule has 0 saturated heterocycles. The third-order valence-corrected chi connectivity index (χ3v) is 4.37. The van der Waals surface area contributed by atoms with Crippen LogP contribution in [-0.4, -0.2) is 18.0 Å². The van der Waals surface area contributed by atoms with Crippen LogP contribution in [0, 0.1) is 0 Å². The molecule has 0 spiro atoms. The molecule has 0 bridgehead atoms. The van der Waals surface area contributed by atoms with Crippen LogP contribution in [0.25, 0.3) is 0 Å². The fraction of sp³-hybridized carbons (Fsp3) is 0.217. The fourth-order valence-electron chi connectivity index (χ4n) is 2.76. The summed E-state index contributed by atoms with van der Waals surface area (Å²) >= 11 is 0. The van der Waals surface area contributed by atoms with E-state index in [1.807, 2.05) is 48.5 Å². The molecule has 0 saturated carbocycles. The highest BCUT2D eigenvalue weighted by Crippen LogP contribution is 2.24. The van der Waals surface area contributed by atoms with E-state index >= 15 is 0 Å². The number of carbonyl (C=O) groups excluding carboxylic acids is 1. The Kier molecular flexibility index (Phi) is 5.64. The van der Waals surface area contributed by atoms with Gasteiger partial charge in [0.1, 0.15) is 5.75 Å². The number of hydrogen-bond acceptors (Lipinski definition) is 4. The Morgan fingerprint density at radius 2 is 1.68 bits per heavy atom. The van der Waals surface area contributed by atoms with Crippen LogP contribution in [0.3, 0.4) is 0 Å². The van der Waals surface area contributed by atoms with Gasteiger partial charge in [-0.2, -0.15) is 0 Å². The molecule has 0 radical (unpaired) electrons. The minimum absolute atomic E-state index is 0.0760. The molecule has 3 rings (SSSR count). The summed E-state index contributed by atoms with van der Waals surface area (Å²) in [5, 5.41) is 6.16. The second-order valence-corrected chi connectivity index (χ2v) is 7.60. The Labute approximate surface area is 165 Å².